The van der Waals surface area contributed by atoms with Crippen molar-refractivity contribution in [1.82, 2.24) is 0 Å². The molecule has 0 aromatic rings. The summed E-state index contributed by atoms with van der Waals surface area (Å²) in [4.78, 5) is 11.1. The van der Waals surface area contributed by atoms with Crippen LogP contribution in [-0.2, 0) is 14.0 Å². The van der Waals surface area contributed by atoms with Gasteiger partial charge in [-0.2, -0.15) is 0 Å². The third-order valence-electron chi connectivity index (χ3n) is 6.75. The van der Waals surface area contributed by atoms with Gasteiger partial charge in [0.05, 0.1) is 12.2 Å². The Morgan fingerprint density at radius 1 is 0.964 bits per heavy atom. The molecule has 1 fully saturated rings. The Morgan fingerprint density at radius 2 is 1.50 bits per heavy atom. The summed E-state index contributed by atoms with van der Waals surface area (Å²) in [6.07, 6.45) is 17.4. The minimum atomic E-state index is -1.83. The first-order valence-corrected chi connectivity index (χ1v) is 14.9. The summed E-state index contributed by atoms with van der Waals surface area (Å²) in [5.41, 5.74) is 0. The minimum absolute atomic E-state index is 0.0999. The Balaban J connectivity index is 2.37. The van der Waals surface area contributed by atoms with Crippen LogP contribution in [-0.4, -0.2) is 32.9 Å². The van der Waals surface area contributed by atoms with Crippen molar-refractivity contribution in [2.75, 3.05) is 0 Å². The Hall–Kier alpha value is -0.193. The van der Waals surface area contributed by atoms with Crippen LogP contribution in [0.15, 0.2) is 0 Å². The molecule has 0 aliphatic carbocycles. The van der Waals surface area contributed by atoms with Gasteiger partial charge in [-0.25, -0.2) is 0 Å². The molecule has 0 N–H and O–H groups in total. The zero-order chi connectivity index (χ0) is 21.0. The largest absolute Gasteiger partial charge is 0.411 e. The topological polar surface area (TPSA) is 35.5 Å². The molecule has 0 spiro atoms. The van der Waals surface area contributed by atoms with Gasteiger partial charge in [0.1, 0.15) is 12.4 Å². The zero-order valence-corrected chi connectivity index (χ0v) is 20.7. The van der Waals surface area contributed by atoms with E-state index in [0.717, 1.165) is 25.5 Å². The maximum atomic E-state index is 11.1. The molecule has 1 rings (SSSR count). The standard InChI is InChI=1S/C24H48O3Si/c1-7-8-9-10-11-12-13-14-15-16-17-23(22-19-18-21(20-25)26-22)27-28(5,6)24(2,3)4/h20-23H,7-19H2,1-6H3/t21-,22-,23-/m1/s1. The van der Waals surface area contributed by atoms with E-state index in [9.17, 15) is 4.79 Å². The van der Waals surface area contributed by atoms with Gasteiger partial charge in [0.25, 0.3) is 0 Å². The van der Waals surface area contributed by atoms with E-state index < -0.39 is 8.32 Å². The number of unbranched alkanes of at least 4 members (excludes halogenated alkanes) is 9. The van der Waals surface area contributed by atoms with Crippen molar-refractivity contribution in [3.05, 3.63) is 0 Å². The second kappa shape index (κ2) is 13.2. The number of hydrogen-bond acceptors (Lipinski definition) is 3. The van der Waals surface area contributed by atoms with Crippen LogP contribution in [0.1, 0.15) is 111 Å². The van der Waals surface area contributed by atoms with Gasteiger partial charge in [-0.3, -0.25) is 0 Å². The van der Waals surface area contributed by atoms with Gasteiger partial charge in [0.2, 0.25) is 0 Å². The molecule has 1 aliphatic heterocycles. The first kappa shape index (κ1) is 25.8. The van der Waals surface area contributed by atoms with E-state index in [4.69, 9.17) is 9.16 Å². The van der Waals surface area contributed by atoms with Crippen molar-refractivity contribution in [3.8, 4) is 0 Å². The third kappa shape index (κ3) is 9.54. The van der Waals surface area contributed by atoms with Gasteiger partial charge in [-0.15, -0.1) is 0 Å². The van der Waals surface area contributed by atoms with Crippen LogP contribution in [0.2, 0.25) is 18.1 Å². The van der Waals surface area contributed by atoms with Gasteiger partial charge in [0.15, 0.2) is 8.32 Å². The fraction of sp³-hybridized carbons (Fsp3) is 0.958. The highest BCUT2D eigenvalue weighted by atomic mass is 28.4. The van der Waals surface area contributed by atoms with Gasteiger partial charge in [0, 0.05) is 0 Å². The predicted octanol–water partition coefficient (Wildman–Crippen LogP) is 7.43. The highest BCUT2D eigenvalue weighted by Gasteiger charge is 2.42. The Bertz CT molecular complexity index is 417. The van der Waals surface area contributed by atoms with Crippen LogP contribution in [0, 0.1) is 0 Å². The summed E-state index contributed by atoms with van der Waals surface area (Å²) in [5, 5.41) is 0.200. The highest BCUT2D eigenvalue weighted by molar-refractivity contribution is 6.74. The molecule has 0 bridgehead atoms. The molecular weight excluding hydrogens is 364 g/mol. The van der Waals surface area contributed by atoms with Gasteiger partial charge >= 0.3 is 0 Å². The molecule has 3 atom stereocenters. The molecule has 0 saturated carbocycles. The van der Waals surface area contributed by atoms with Crippen molar-refractivity contribution in [2.24, 2.45) is 0 Å². The second-order valence-corrected chi connectivity index (χ2v) is 15.1. The molecule has 166 valence electrons. The van der Waals surface area contributed by atoms with E-state index in [-0.39, 0.29) is 23.4 Å². The lowest BCUT2D eigenvalue weighted by molar-refractivity contribution is -0.119. The SMILES string of the molecule is CCCCCCCCCCCC[C@@H](O[Si](C)(C)C(C)(C)C)[C@H]1CC[C@H](C=O)O1. The maximum absolute atomic E-state index is 11.1. The molecule has 1 aliphatic rings. The lowest BCUT2D eigenvalue weighted by Crippen LogP contribution is -2.47. The Kier molecular flexibility index (Phi) is 12.2. The van der Waals surface area contributed by atoms with E-state index in [1.807, 2.05) is 0 Å². The van der Waals surface area contributed by atoms with Crippen molar-refractivity contribution in [2.45, 2.75) is 148 Å². The van der Waals surface area contributed by atoms with E-state index in [1.54, 1.807) is 0 Å². The number of aldehydes is 1. The van der Waals surface area contributed by atoms with E-state index >= 15 is 0 Å². The molecular formula is C24H48O3Si. The lowest BCUT2D eigenvalue weighted by atomic mass is 10.0. The Morgan fingerprint density at radius 3 is 1.96 bits per heavy atom. The Labute approximate surface area is 176 Å². The second-order valence-electron chi connectivity index (χ2n) is 10.3. The van der Waals surface area contributed by atoms with Crippen molar-refractivity contribution in [1.29, 1.82) is 0 Å². The van der Waals surface area contributed by atoms with E-state index in [0.29, 0.717) is 0 Å². The fourth-order valence-corrected chi connectivity index (χ4v) is 5.15. The summed E-state index contributed by atoms with van der Waals surface area (Å²) >= 11 is 0. The normalized spacial score (nSPS) is 21.8. The number of carbonyl (C=O) groups is 1. The van der Waals surface area contributed by atoms with E-state index in [1.165, 1.54) is 64.2 Å². The predicted molar refractivity (Wildman–Crippen MR) is 122 cm³/mol. The summed E-state index contributed by atoms with van der Waals surface area (Å²) in [5.74, 6) is 0. The third-order valence-corrected chi connectivity index (χ3v) is 11.3. The molecule has 3 nitrogen and oxygen atoms in total. The van der Waals surface area contributed by atoms with Gasteiger partial charge in [-0.05, 0) is 37.4 Å². The average Bonchev–Trinajstić information content (AvgIpc) is 3.10. The number of rotatable bonds is 15. The van der Waals surface area contributed by atoms with E-state index in [2.05, 4.69) is 40.8 Å². The molecule has 0 aromatic carbocycles. The average molecular weight is 413 g/mol. The van der Waals surface area contributed by atoms with Crippen LogP contribution in [0.3, 0.4) is 0 Å². The molecule has 0 aromatic heterocycles. The maximum Gasteiger partial charge on any atom is 0.192 e. The number of ether oxygens (including phenoxy) is 1. The molecule has 28 heavy (non-hydrogen) atoms. The van der Waals surface area contributed by atoms with Crippen LogP contribution in [0.5, 0.6) is 0 Å². The van der Waals surface area contributed by atoms with Crippen molar-refractivity contribution < 1.29 is 14.0 Å². The van der Waals surface area contributed by atoms with Crippen LogP contribution in [0.25, 0.3) is 0 Å². The first-order valence-electron chi connectivity index (χ1n) is 12.0. The molecule has 0 unspecified atom stereocenters. The highest BCUT2D eigenvalue weighted by Crippen LogP contribution is 2.39. The number of hydrogen-bond donors (Lipinski definition) is 0. The summed E-state index contributed by atoms with van der Waals surface area (Å²) in [6.45, 7) is 13.8. The monoisotopic (exact) mass is 412 g/mol. The summed E-state index contributed by atoms with van der Waals surface area (Å²) < 4.78 is 12.8. The quantitative estimate of drug-likeness (QED) is 0.159. The fourth-order valence-electron chi connectivity index (χ4n) is 3.77. The van der Waals surface area contributed by atoms with Gasteiger partial charge < -0.3 is 14.0 Å². The minimum Gasteiger partial charge on any atom is -0.411 e. The molecule has 4 heteroatoms. The zero-order valence-electron chi connectivity index (χ0n) is 19.7. The van der Waals surface area contributed by atoms with Crippen LogP contribution in [0.4, 0.5) is 0 Å². The molecule has 0 amide bonds. The van der Waals surface area contributed by atoms with Crippen molar-refractivity contribution >= 4 is 14.6 Å². The molecule has 1 saturated heterocycles. The number of carbonyl (C=O) groups excluding carboxylic acids is 1. The lowest BCUT2D eigenvalue weighted by Gasteiger charge is -2.40. The summed E-state index contributed by atoms with van der Waals surface area (Å²) in [7, 11) is -1.83. The van der Waals surface area contributed by atoms with Crippen LogP contribution >= 0.6 is 0 Å². The summed E-state index contributed by atoms with van der Waals surface area (Å²) in [6, 6.07) is 0. The van der Waals surface area contributed by atoms with Crippen molar-refractivity contribution in [3.63, 3.8) is 0 Å². The first-order chi connectivity index (χ1) is 13.2. The van der Waals surface area contributed by atoms with Gasteiger partial charge in [-0.1, -0.05) is 91.9 Å². The molecule has 0 radical (unpaired) electrons. The van der Waals surface area contributed by atoms with Crippen LogP contribution < -0.4 is 0 Å². The smallest absolute Gasteiger partial charge is 0.192 e. The molecule has 1 heterocycles.